The van der Waals surface area contributed by atoms with Gasteiger partial charge in [0.05, 0.1) is 23.7 Å². The number of aromatic nitrogens is 4. The van der Waals surface area contributed by atoms with E-state index in [1.807, 2.05) is 6.92 Å². The van der Waals surface area contributed by atoms with Crippen LogP contribution in [0.4, 0.5) is 4.39 Å². The van der Waals surface area contributed by atoms with Crippen LogP contribution in [0.5, 0.6) is 0 Å². The molecule has 0 aliphatic heterocycles. The van der Waals surface area contributed by atoms with Crippen molar-refractivity contribution in [3.63, 3.8) is 0 Å². The molecule has 30 heavy (non-hydrogen) atoms. The van der Waals surface area contributed by atoms with Crippen molar-refractivity contribution in [2.75, 3.05) is 0 Å². The summed E-state index contributed by atoms with van der Waals surface area (Å²) in [5.74, 6) is -1.11. The molecule has 0 spiro atoms. The van der Waals surface area contributed by atoms with Crippen LogP contribution >= 0.6 is 11.6 Å². The summed E-state index contributed by atoms with van der Waals surface area (Å²) in [6.45, 7) is 3.62. The van der Waals surface area contributed by atoms with Gasteiger partial charge >= 0.3 is 0 Å². The van der Waals surface area contributed by atoms with E-state index in [1.54, 1.807) is 29.1 Å². The third-order valence-electron chi connectivity index (χ3n) is 4.30. The van der Waals surface area contributed by atoms with Crippen molar-refractivity contribution in [3.8, 4) is 17.3 Å². The first-order valence-corrected chi connectivity index (χ1v) is 9.42. The highest BCUT2D eigenvalue weighted by Crippen LogP contribution is 2.26. The van der Waals surface area contributed by atoms with Crippen molar-refractivity contribution in [1.29, 1.82) is 5.26 Å². The zero-order chi connectivity index (χ0) is 21.8. The standard InChI is InChI=1S/C20H18ClFN6O2/c1-11(24-20(30)8-14-7-19(12(2)29)26-25-14)10-28-4-3-18(27-28)13-5-16(21)15(9-23)17(22)6-13/h3-7,11H,8,10H2,1-2H3,(H,24,30)(H,25,26)/t11-/m0/s1. The average Bonchev–Trinajstić information content (AvgIpc) is 3.31. The molecule has 1 aromatic carbocycles. The summed E-state index contributed by atoms with van der Waals surface area (Å²) in [6, 6.07) is 7.43. The van der Waals surface area contributed by atoms with Gasteiger partial charge in [0, 0.05) is 30.4 Å². The normalized spacial score (nSPS) is 11.7. The van der Waals surface area contributed by atoms with E-state index in [4.69, 9.17) is 16.9 Å². The van der Waals surface area contributed by atoms with Gasteiger partial charge in [-0.1, -0.05) is 11.6 Å². The van der Waals surface area contributed by atoms with Crippen LogP contribution in [0, 0.1) is 17.1 Å². The molecule has 0 aliphatic carbocycles. The highest BCUT2D eigenvalue weighted by molar-refractivity contribution is 6.32. The molecule has 2 aromatic heterocycles. The second-order valence-electron chi connectivity index (χ2n) is 6.83. The van der Waals surface area contributed by atoms with Gasteiger partial charge in [0.25, 0.3) is 0 Å². The number of amides is 1. The zero-order valence-corrected chi connectivity index (χ0v) is 17.0. The number of carbonyl (C=O) groups is 2. The van der Waals surface area contributed by atoms with E-state index in [2.05, 4.69) is 20.6 Å². The summed E-state index contributed by atoms with van der Waals surface area (Å²) < 4.78 is 15.6. The summed E-state index contributed by atoms with van der Waals surface area (Å²) in [4.78, 5) is 23.5. The van der Waals surface area contributed by atoms with Crippen molar-refractivity contribution in [1.82, 2.24) is 25.3 Å². The number of nitriles is 1. The van der Waals surface area contributed by atoms with Gasteiger partial charge in [-0.05, 0) is 31.2 Å². The lowest BCUT2D eigenvalue weighted by Crippen LogP contribution is -2.36. The Kier molecular flexibility index (Phi) is 6.28. The number of H-pyrrole nitrogens is 1. The molecule has 0 unspecified atom stereocenters. The fourth-order valence-electron chi connectivity index (χ4n) is 2.90. The maximum atomic E-state index is 14.0. The fourth-order valence-corrected chi connectivity index (χ4v) is 3.15. The lowest BCUT2D eigenvalue weighted by molar-refractivity contribution is -0.121. The molecule has 0 saturated carbocycles. The first kappa shape index (κ1) is 21.2. The molecule has 0 aliphatic rings. The Morgan fingerprint density at radius 1 is 1.40 bits per heavy atom. The number of nitrogens with one attached hydrogen (secondary N) is 2. The minimum absolute atomic E-state index is 0.0226. The monoisotopic (exact) mass is 428 g/mol. The van der Waals surface area contributed by atoms with E-state index in [0.717, 1.165) is 0 Å². The van der Waals surface area contributed by atoms with Crippen LogP contribution in [0.1, 0.15) is 35.6 Å². The van der Waals surface area contributed by atoms with Crippen LogP contribution < -0.4 is 5.32 Å². The van der Waals surface area contributed by atoms with Crippen molar-refractivity contribution in [3.05, 3.63) is 58.3 Å². The van der Waals surface area contributed by atoms with Crippen molar-refractivity contribution < 1.29 is 14.0 Å². The van der Waals surface area contributed by atoms with Gasteiger partial charge in [-0.3, -0.25) is 19.4 Å². The van der Waals surface area contributed by atoms with Gasteiger partial charge in [-0.15, -0.1) is 0 Å². The molecule has 0 radical (unpaired) electrons. The lowest BCUT2D eigenvalue weighted by Gasteiger charge is -2.13. The Morgan fingerprint density at radius 3 is 2.80 bits per heavy atom. The predicted molar refractivity (Wildman–Crippen MR) is 107 cm³/mol. The van der Waals surface area contributed by atoms with Gasteiger partial charge in [0.15, 0.2) is 5.78 Å². The average molecular weight is 429 g/mol. The molecule has 1 amide bonds. The van der Waals surface area contributed by atoms with E-state index >= 15 is 0 Å². The number of hydrogen-bond donors (Lipinski definition) is 2. The van der Waals surface area contributed by atoms with Gasteiger partial charge in [-0.25, -0.2) is 4.39 Å². The van der Waals surface area contributed by atoms with Crippen LogP contribution in [-0.4, -0.2) is 37.7 Å². The fraction of sp³-hybridized carbons (Fsp3) is 0.250. The zero-order valence-electron chi connectivity index (χ0n) is 16.2. The minimum atomic E-state index is -0.707. The molecule has 3 aromatic rings. The van der Waals surface area contributed by atoms with Crippen molar-refractivity contribution in [2.45, 2.75) is 32.9 Å². The number of Topliss-reactive ketones (excluding diaryl/α,β-unsaturated/α-hetero) is 1. The maximum absolute atomic E-state index is 14.0. The Bertz CT molecular complexity index is 1120. The number of rotatable bonds is 7. The SMILES string of the molecule is CC(=O)c1cc(CC(=O)N[C@@H](C)Cn2ccc(-c3cc(F)c(C#N)c(Cl)c3)n2)[nH]n1. The summed E-state index contributed by atoms with van der Waals surface area (Å²) in [7, 11) is 0. The Hall–Kier alpha value is -3.51. The van der Waals surface area contributed by atoms with Crippen LogP contribution in [-0.2, 0) is 17.8 Å². The Labute approximate surface area is 176 Å². The van der Waals surface area contributed by atoms with Gasteiger partial charge in [-0.2, -0.15) is 15.5 Å². The maximum Gasteiger partial charge on any atom is 0.226 e. The molecule has 10 heteroatoms. The lowest BCUT2D eigenvalue weighted by atomic mass is 10.1. The molecule has 0 fully saturated rings. The largest absolute Gasteiger partial charge is 0.351 e. The first-order valence-electron chi connectivity index (χ1n) is 9.04. The van der Waals surface area contributed by atoms with E-state index < -0.39 is 5.82 Å². The second kappa shape index (κ2) is 8.88. The number of benzene rings is 1. The Morgan fingerprint density at radius 2 is 2.17 bits per heavy atom. The predicted octanol–water partition coefficient (Wildman–Crippen LogP) is 2.89. The molecule has 154 valence electrons. The molecule has 3 rings (SSSR count). The van der Waals surface area contributed by atoms with E-state index in [-0.39, 0.29) is 40.4 Å². The van der Waals surface area contributed by atoms with Crippen molar-refractivity contribution >= 4 is 23.3 Å². The Balaban J connectivity index is 1.60. The van der Waals surface area contributed by atoms with E-state index in [9.17, 15) is 14.0 Å². The van der Waals surface area contributed by atoms with Crippen LogP contribution in [0.3, 0.4) is 0 Å². The van der Waals surface area contributed by atoms with Gasteiger partial charge in [0.1, 0.15) is 23.1 Å². The van der Waals surface area contributed by atoms with E-state index in [0.29, 0.717) is 23.5 Å². The summed E-state index contributed by atoms with van der Waals surface area (Å²) in [5, 5.41) is 22.7. The minimum Gasteiger partial charge on any atom is -0.351 e. The van der Waals surface area contributed by atoms with Crippen molar-refractivity contribution in [2.24, 2.45) is 0 Å². The third kappa shape index (κ3) is 4.90. The number of halogens is 2. The molecule has 2 heterocycles. The topological polar surface area (TPSA) is 116 Å². The number of hydrogen-bond acceptors (Lipinski definition) is 5. The highest BCUT2D eigenvalue weighted by Gasteiger charge is 2.14. The highest BCUT2D eigenvalue weighted by atomic mass is 35.5. The first-order chi connectivity index (χ1) is 14.3. The van der Waals surface area contributed by atoms with Crippen LogP contribution in [0.15, 0.2) is 30.5 Å². The molecule has 0 saturated heterocycles. The molecule has 2 N–H and O–H groups in total. The number of carbonyl (C=O) groups excluding carboxylic acids is 2. The summed E-state index contributed by atoms with van der Waals surface area (Å²) in [6.07, 6.45) is 1.77. The van der Waals surface area contributed by atoms with E-state index in [1.165, 1.54) is 19.1 Å². The summed E-state index contributed by atoms with van der Waals surface area (Å²) >= 11 is 5.95. The van der Waals surface area contributed by atoms with Crippen LogP contribution in [0.25, 0.3) is 11.3 Å². The molecule has 0 bridgehead atoms. The second-order valence-corrected chi connectivity index (χ2v) is 7.24. The number of aromatic amines is 1. The summed E-state index contributed by atoms with van der Waals surface area (Å²) in [5.41, 5.74) is 1.57. The smallest absolute Gasteiger partial charge is 0.226 e. The molecular formula is C20H18ClFN6O2. The molecular weight excluding hydrogens is 411 g/mol. The molecule has 1 atom stereocenters. The van der Waals surface area contributed by atoms with Gasteiger partial charge in [0.2, 0.25) is 5.91 Å². The quantitative estimate of drug-likeness (QED) is 0.561. The number of nitrogens with zero attached hydrogens (tertiary/aromatic N) is 4. The van der Waals surface area contributed by atoms with Gasteiger partial charge < -0.3 is 5.32 Å². The third-order valence-corrected chi connectivity index (χ3v) is 4.60. The molecule has 8 nitrogen and oxygen atoms in total. The van der Waals surface area contributed by atoms with Crippen LogP contribution in [0.2, 0.25) is 5.02 Å². The number of ketones is 1.